The molecule has 1 aliphatic carbocycles. The Labute approximate surface area is 136 Å². The van der Waals surface area contributed by atoms with Gasteiger partial charge in [-0.3, -0.25) is 0 Å². The van der Waals surface area contributed by atoms with Gasteiger partial charge in [-0.15, -0.1) is 12.4 Å². The average Bonchev–Trinajstić information content (AvgIpc) is 2.49. The molecule has 8 heteroatoms. The number of hydrogen-bond acceptors (Lipinski definition) is 5. The maximum absolute atomic E-state index is 12.4. The topological polar surface area (TPSA) is 98.5 Å². The van der Waals surface area contributed by atoms with Crippen molar-refractivity contribution in [1.82, 2.24) is 4.72 Å². The summed E-state index contributed by atoms with van der Waals surface area (Å²) in [4.78, 5) is 11.5. The first-order chi connectivity index (χ1) is 9.92. The fourth-order valence-electron chi connectivity index (χ4n) is 2.43. The molecule has 1 fully saturated rings. The third kappa shape index (κ3) is 4.67. The zero-order valence-electron chi connectivity index (χ0n) is 12.3. The van der Waals surface area contributed by atoms with Gasteiger partial charge >= 0.3 is 5.97 Å². The van der Waals surface area contributed by atoms with E-state index in [1.165, 1.54) is 31.4 Å². The van der Waals surface area contributed by atoms with Crippen LogP contribution in [0.25, 0.3) is 0 Å². The summed E-state index contributed by atoms with van der Waals surface area (Å²) < 4.78 is 32.0. The van der Waals surface area contributed by atoms with Gasteiger partial charge in [-0.25, -0.2) is 17.9 Å². The van der Waals surface area contributed by atoms with Crippen LogP contribution in [0, 0.1) is 0 Å². The molecule has 6 nitrogen and oxygen atoms in total. The lowest BCUT2D eigenvalue weighted by Gasteiger charge is -2.26. The number of nitrogens with two attached hydrogens (primary N) is 1. The van der Waals surface area contributed by atoms with Gasteiger partial charge in [0.2, 0.25) is 10.0 Å². The van der Waals surface area contributed by atoms with Crippen molar-refractivity contribution < 1.29 is 17.9 Å². The summed E-state index contributed by atoms with van der Waals surface area (Å²) in [6, 6.07) is 5.89. The lowest BCUT2D eigenvalue weighted by molar-refractivity contribution is 0.0600. The van der Waals surface area contributed by atoms with E-state index in [1.807, 2.05) is 0 Å². The van der Waals surface area contributed by atoms with Crippen LogP contribution < -0.4 is 10.5 Å². The summed E-state index contributed by atoms with van der Waals surface area (Å²) in [5, 5.41) is 0. The number of ether oxygens (including phenoxy) is 1. The first-order valence-electron chi connectivity index (χ1n) is 6.88. The summed E-state index contributed by atoms with van der Waals surface area (Å²) in [5.74, 6) is -0.560. The fraction of sp³-hybridized carbons (Fsp3) is 0.500. The molecule has 0 amide bonds. The van der Waals surface area contributed by atoms with Gasteiger partial charge in [-0.1, -0.05) is 6.07 Å². The Bertz CT molecular complexity index is 613. The van der Waals surface area contributed by atoms with Crippen molar-refractivity contribution in [3.63, 3.8) is 0 Å². The molecular formula is C14H21ClN2O4S. The molecule has 2 rings (SSSR count). The molecule has 1 aliphatic rings. The number of rotatable bonds is 4. The van der Waals surface area contributed by atoms with E-state index >= 15 is 0 Å². The van der Waals surface area contributed by atoms with Crippen LogP contribution in [-0.2, 0) is 14.8 Å². The molecule has 124 valence electrons. The van der Waals surface area contributed by atoms with E-state index in [2.05, 4.69) is 9.46 Å². The predicted octanol–water partition coefficient (Wildman–Crippen LogP) is 1.44. The highest BCUT2D eigenvalue weighted by Crippen LogP contribution is 2.20. The number of halogens is 1. The highest BCUT2D eigenvalue weighted by molar-refractivity contribution is 7.89. The maximum atomic E-state index is 12.4. The zero-order valence-corrected chi connectivity index (χ0v) is 14.0. The normalized spacial score (nSPS) is 21.7. The average molecular weight is 349 g/mol. The minimum absolute atomic E-state index is 0. The maximum Gasteiger partial charge on any atom is 0.337 e. The van der Waals surface area contributed by atoms with E-state index in [4.69, 9.17) is 5.73 Å². The van der Waals surface area contributed by atoms with Gasteiger partial charge in [0.15, 0.2) is 0 Å². The van der Waals surface area contributed by atoms with Gasteiger partial charge in [-0.2, -0.15) is 0 Å². The SMILES string of the molecule is COC(=O)c1cccc(S(=O)(=O)NC2CCC(N)CC2)c1.Cl. The Balaban J connectivity index is 0.00000242. The van der Waals surface area contributed by atoms with Crippen LogP contribution in [0.2, 0.25) is 0 Å². The molecule has 1 saturated carbocycles. The number of carbonyl (C=O) groups is 1. The van der Waals surface area contributed by atoms with E-state index < -0.39 is 16.0 Å². The molecular weight excluding hydrogens is 328 g/mol. The van der Waals surface area contributed by atoms with Crippen molar-refractivity contribution in [2.45, 2.75) is 42.7 Å². The van der Waals surface area contributed by atoms with Crippen LogP contribution in [0.15, 0.2) is 29.2 Å². The quantitative estimate of drug-likeness (QED) is 0.802. The van der Waals surface area contributed by atoms with Gasteiger partial charge in [0.25, 0.3) is 0 Å². The number of carbonyl (C=O) groups excluding carboxylic acids is 1. The number of esters is 1. The molecule has 0 spiro atoms. The number of benzene rings is 1. The second-order valence-corrected chi connectivity index (χ2v) is 6.97. The number of hydrogen-bond donors (Lipinski definition) is 2. The van der Waals surface area contributed by atoms with E-state index in [-0.39, 0.29) is 34.9 Å². The smallest absolute Gasteiger partial charge is 0.337 e. The molecule has 0 heterocycles. The van der Waals surface area contributed by atoms with Gasteiger partial charge in [0.1, 0.15) is 0 Å². The summed E-state index contributed by atoms with van der Waals surface area (Å²) in [6.45, 7) is 0. The van der Waals surface area contributed by atoms with E-state index in [1.54, 1.807) is 0 Å². The van der Waals surface area contributed by atoms with Crippen LogP contribution in [0.4, 0.5) is 0 Å². The minimum Gasteiger partial charge on any atom is -0.465 e. The first-order valence-corrected chi connectivity index (χ1v) is 8.37. The van der Waals surface area contributed by atoms with Crippen molar-refractivity contribution in [3.8, 4) is 0 Å². The summed E-state index contributed by atoms with van der Waals surface area (Å²) in [5.41, 5.74) is 6.03. The van der Waals surface area contributed by atoms with E-state index in [0.29, 0.717) is 0 Å². The molecule has 0 saturated heterocycles. The van der Waals surface area contributed by atoms with Gasteiger partial charge in [0.05, 0.1) is 17.6 Å². The second-order valence-electron chi connectivity index (χ2n) is 5.25. The molecule has 1 aromatic rings. The van der Waals surface area contributed by atoms with E-state index in [0.717, 1.165) is 25.7 Å². The lowest BCUT2D eigenvalue weighted by Crippen LogP contribution is -2.40. The van der Waals surface area contributed by atoms with Gasteiger partial charge < -0.3 is 10.5 Å². The van der Waals surface area contributed by atoms with Crippen molar-refractivity contribution in [2.75, 3.05) is 7.11 Å². The molecule has 0 unspecified atom stereocenters. The third-order valence-corrected chi connectivity index (χ3v) is 5.18. The fourth-order valence-corrected chi connectivity index (χ4v) is 3.78. The predicted molar refractivity (Wildman–Crippen MR) is 85.6 cm³/mol. The summed E-state index contributed by atoms with van der Waals surface area (Å²) in [6.07, 6.45) is 3.10. The molecule has 0 aromatic heterocycles. The van der Waals surface area contributed by atoms with Crippen molar-refractivity contribution in [2.24, 2.45) is 5.73 Å². The zero-order chi connectivity index (χ0) is 15.5. The Hall–Kier alpha value is -1.15. The van der Waals surface area contributed by atoms with Crippen LogP contribution >= 0.6 is 12.4 Å². The van der Waals surface area contributed by atoms with E-state index in [9.17, 15) is 13.2 Å². The molecule has 0 atom stereocenters. The number of methoxy groups -OCH3 is 1. The molecule has 0 aliphatic heterocycles. The van der Waals surface area contributed by atoms with Crippen molar-refractivity contribution in [3.05, 3.63) is 29.8 Å². The van der Waals surface area contributed by atoms with Gasteiger partial charge in [-0.05, 0) is 43.9 Å². The Morgan fingerprint density at radius 1 is 1.27 bits per heavy atom. The Morgan fingerprint density at radius 3 is 2.50 bits per heavy atom. The number of sulfonamides is 1. The Kier molecular flexibility index (Phi) is 6.80. The molecule has 22 heavy (non-hydrogen) atoms. The Morgan fingerprint density at radius 2 is 1.91 bits per heavy atom. The highest BCUT2D eigenvalue weighted by Gasteiger charge is 2.24. The second kappa shape index (κ2) is 7.92. The largest absolute Gasteiger partial charge is 0.465 e. The van der Waals surface area contributed by atoms with Crippen LogP contribution in [0.1, 0.15) is 36.0 Å². The molecule has 1 aromatic carbocycles. The summed E-state index contributed by atoms with van der Waals surface area (Å²) >= 11 is 0. The van der Waals surface area contributed by atoms with Crippen LogP contribution in [0.3, 0.4) is 0 Å². The molecule has 0 radical (unpaired) electrons. The summed E-state index contributed by atoms with van der Waals surface area (Å²) in [7, 11) is -2.38. The molecule has 0 bridgehead atoms. The first kappa shape index (κ1) is 18.9. The monoisotopic (exact) mass is 348 g/mol. The lowest BCUT2D eigenvalue weighted by atomic mass is 9.93. The highest BCUT2D eigenvalue weighted by atomic mass is 35.5. The number of nitrogens with one attached hydrogen (secondary N) is 1. The minimum atomic E-state index is -3.64. The van der Waals surface area contributed by atoms with Crippen LogP contribution in [0.5, 0.6) is 0 Å². The van der Waals surface area contributed by atoms with Crippen molar-refractivity contribution >= 4 is 28.4 Å². The van der Waals surface area contributed by atoms with Crippen molar-refractivity contribution in [1.29, 1.82) is 0 Å². The van der Waals surface area contributed by atoms with Crippen LogP contribution in [-0.4, -0.2) is 33.6 Å². The third-order valence-electron chi connectivity index (χ3n) is 3.66. The molecule has 3 N–H and O–H groups in total. The van der Waals surface area contributed by atoms with Gasteiger partial charge in [0, 0.05) is 12.1 Å². The standard InChI is InChI=1S/C14H20N2O4S.ClH/c1-20-14(17)10-3-2-4-13(9-10)21(18,19)16-12-7-5-11(15)6-8-12;/h2-4,9,11-12,16H,5-8,15H2,1H3;1H.